The highest BCUT2D eigenvalue weighted by molar-refractivity contribution is 5.70. The average molecular weight is 234 g/mol. The fourth-order valence-electron chi connectivity index (χ4n) is 2.20. The summed E-state index contributed by atoms with van der Waals surface area (Å²) in [6.45, 7) is 10.9. The summed E-state index contributed by atoms with van der Waals surface area (Å²) in [7, 11) is 0. The molecule has 0 heterocycles. The number of aryl methyl sites for hydroxylation is 1. The van der Waals surface area contributed by atoms with Crippen LogP contribution in [0.4, 0.5) is 11.4 Å². The van der Waals surface area contributed by atoms with E-state index in [1.54, 1.807) is 0 Å². The zero-order valence-electron chi connectivity index (χ0n) is 11.7. The molecule has 0 radical (unpaired) electrons. The third-order valence-corrected chi connectivity index (χ3v) is 3.66. The lowest BCUT2D eigenvalue weighted by Gasteiger charge is -2.29. The minimum Gasteiger partial charge on any atom is -0.397 e. The van der Waals surface area contributed by atoms with Gasteiger partial charge in [-0.1, -0.05) is 38.8 Å². The Labute approximate surface area is 106 Å². The topological polar surface area (TPSA) is 29.3 Å². The Morgan fingerprint density at radius 2 is 1.82 bits per heavy atom. The van der Waals surface area contributed by atoms with Crippen molar-refractivity contribution in [2.24, 2.45) is 5.92 Å². The quantitative estimate of drug-likeness (QED) is 0.758. The van der Waals surface area contributed by atoms with E-state index in [1.807, 2.05) is 0 Å². The van der Waals surface area contributed by atoms with Gasteiger partial charge in [-0.25, -0.2) is 0 Å². The van der Waals surface area contributed by atoms with E-state index in [4.69, 9.17) is 5.73 Å². The maximum Gasteiger partial charge on any atom is 0.0602 e. The minimum atomic E-state index is 0.759. The lowest BCUT2D eigenvalue weighted by atomic mass is 10.0. The lowest BCUT2D eigenvalue weighted by molar-refractivity contribution is 0.486. The van der Waals surface area contributed by atoms with Crippen LogP contribution >= 0.6 is 0 Å². The first-order valence-electron chi connectivity index (χ1n) is 6.73. The molecule has 1 rings (SSSR count). The maximum atomic E-state index is 6.18. The van der Waals surface area contributed by atoms with Gasteiger partial charge in [-0.3, -0.25) is 0 Å². The monoisotopic (exact) mass is 234 g/mol. The Morgan fingerprint density at radius 3 is 2.35 bits per heavy atom. The van der Waals surface area contributed by atoms with Crippen molar-refractivity contribution >= 4 is 11.4 Å². The summed E-state index contributed by atoms with van der Waals surface area (Å²) in [6.07, 6.45) is 2.47. The highest BCUT2D eigenvalue weighted by atomic mass is 15.1. The van der Waals surface area contributed by atoms with E-state index in [9.17, 15) is 0 Å². The van der Waals surface area contributed by atoms with Crippen LogP contribution in [0.1, 0.15) is 39.2 Å². The van der Waals surface area contributed by atoms with Gasteiger partial charge in [0.2, 0.25) is 0 Å². The molecule has 96 valence electrons. The van der Waals surface area contributed by atoms with Crippen LogP contribution in [0.5, 0.6) is 0 Å². The summed E-state index contributed by atoms with van der Waals surface area (Å²) in [5, 5.41) is 0. The summed E-state index contributed by atoms with van der Waals surface area (Å²) in [6, 6.07) is 6.30. The molecule has 0 aliphatic rings. The number of anilines is 2. The number of para-hydroxylation sites is 1. The molecule has 2 nitrogen and oxygen atoms in total. The second-order valence-electron chi connectivity index (χ2n) is 4.73. The van der Waals surface area contributed by atoms with Crippen molar-refractivity contribution in [3.05, 3.63) is 23.8 Å². The second kappa shape index (κ2) is 6.53. The zero-order valence-corrected chi connectivity index (χ0v) is 11.7. The number of nitrogens with zero attached hydrogens (tertiary/aromatic N) is 1. The van der Waals surface area contributed by atoms with E-state index in [0.29, 0.717) is 0 Å². The summed E-state index contributed by atoms with van der Waals surface area (Å²) in [5.74, 6) is 0.759. The average Bonchev–Trinajstić information content (AvgIpc) is 2.35. The van der Waals surface area contributed by atoms with E-state index in [-0.39, 0.29) is 0 Å². The summed E-state index contributed by atoms with van der Waals surface area (Å²) >= 11 is 0. The molecule has 0 amide bonds. The van der Waals surface area contributed by atoms with Crippen LogP contribution in [-0.4, -0.2) is 13.1 Å². The van der Waals surface area contributed by atoms with Crippen LogP contribution in [0.25, 0.3) is 0 Å². The van der Waals surface area contributed by atoms with Gasteiger partial charge in [0.15, 0.2) is 0 Å². The molecule has 1 aromatic carbocycles. The van der Waals surface area contributed by atoms with Crippen molar-refractivity contribution in [2.45, 2.75) is 40.5 Å². The second-order valence-corrected chi connectivity index (χ2v) is 4.73. The van der Waals surface area contributed by atoms with E-state index in [1.165, 1.54) is 24.1 Å². The van der Waals surface area contributed by atoms with Crippen LogP contribution in [0.3, 0.4) is 0 Å². The number of hydrogen-bond donors (Lipinski definition) is 1. The third-order valence-electron chi connectivity index (χ3n) is 3.66. The molecule has 0 unspecified atom stereocenters. The molecule has 0 fully saturated rings. The molecule has 2 N–H and O–H groups in total. The van der Waals surface area contributed by atoms with Crippen molar-refractivity contribution in [3.63, 3.8) is 0 Å². The van der Waals surface area contributed by atoms with E-state index in [2.05, 4.69) is 50.8 Å². The van der Waals surface area contributed by atoms with E-state index >= 15 is 0 Å². The summed E-state index contributed by atoms with van der Waals surface area (Å²) < 4.78 is 0. The fraction of sp³-hybridized carbons (Fsp3) is 0.600. The number of benzene rings is 1. The summed E-state index contributed by atoms with van der Waals surface area (Å²) in [5.41, 5.74) is 9.47. The van der Waals surface area contributed by atoms with E-state index in [0.717, 1.165) is 24.7 Å². The van der Waals surface area contributed by atoms with Gasteiger partial charge in [0, 0.05) is 13.1 Å². The Bertz CT molecular complexity index is 343. The van der Waals surface area contributed by atoms with Gasteiger partial charge in [-0.2, -0.15) is 0 Å². The van der Waals surface area contributed by atoms with Crippen molar-refractivity contribution in [1.82, 2.24) is 0 Å². The number of rotatable bonds is 6. The number of nitrogen functional groups attached to an aromatic ring is 1. The standard InChI is InChI=1S/C15H26N2/c1-5-13(6-2)11-17(7-3)14-10-8-9-12(4)15(14)16/h8-10,13H,5-7,11,16H2,1-4H3. The van der Waals surface area contributed by atoms with Gasteiger partial charge < -0.3 is 10.6 Å². The molecule has 0 atom stereocenters. The Hall–Kier alpha value is -1.18. The third kappa shape index (κ3) is 3.39. The predicted molar refractivity (Wildman–Crippen MR) is 77.6 cm³/mol. The SMILES string of the molecule is CCC(CC)CN(CC)c1cccc(C)c1N. The first-order valence-corrected chi connectivity index (χ1v) is 6.73. The van der Waals surface area contributed by atoms with Gasteiger partial charge in [0.25, 0.3) is 0 Å². The number of nitrogens with two attached hydrogens (primary N) is 1. The van der Waals surface area contributed by atoms with Gasteiger partial charge >= 0.3 is 0 Å². The molecule has 0 spiro atoms. The molecule has 0 saturated carbocycles. The molecule has 0 saturated heterocycles. The molecular formula is C15H26N2. The molecule has 0 aliphatic carbocycles. The summed E-state index contributed by atoms with van der Waals surface area (Å²) in [4.78, 5) is 2.40. The highest BCUT2D eigenvalue weighted by Gasteiger charge is 2.13. The van der Waals surface area contributed by atoms with Crippen LogP contribution in [0.15, 0.2) is 18.2 Å². The minimum absolute atomic E-state index is 0.759. The molecule has 0 aromatic heterocycles. The van der Waals surface area contributed by atoms with Crippen molar-refractivity contribution in [2.75, 3.05) is 23.7 Å². The normalized spacial score (nSPS) is 10.9. The maximum absolute atomic E-state index is 6.18. The smallest absolute Gasteiger partial charge is 0.0602 e. The van der Waals surface area contributed by atoms with Crippen LogP contribution < -0.4 is 10.6 Å². The van der Waals surface area contributed by atoms with Gasteiger partial charge in [0.1, 0.15) is 0 Å². The Balaban J connectivity index is 2.89. The fourth-order valence-corrected chi connectivity index (χ4v) is 2.20. The van der Waals surface area contributed by atoms with E-state index < -0.39 is 0 Å². The van der Waals surface area contributed by atoms with Crippen LogP contribution in [0, 0.1) is 12.8 Å². The van der Waals surface area contributed by atoms with Crippen molar-refractivity contribution in [1.29, 1.82) is 0 Å². The zero-order chi connectivity index (χ0) is 12.8. The van der Waals surface area contributed by atoms with Gasteiger partial charge in [-0.15, -0.1) is 0 Å². The molecule has 0 bridgehead atoms. The molecule has 2 heteroatoms. The predicted octanol–water partition coefficient (Wildman–Crippen LogP) is 3.84. The van der Waals surface area contributed by atoms with Crippen molar-refractivity contribution < 1.29 is 0 Å². The number of hydrogen-bond acceptors (Lipinski definition) is 2. The van der Waals surface area contributed by atoms with Crippen LogP contribution in [0.2, 0.25) is 0 Å². The lowest BCUT2D eigenvalue weighted by Crippen LogP contribution is -2.29. The van der Waals surface area contributed by atoms with Gasteiger partial charge in [0.05, 0.1) is 11.4 Å². The van der Waals surface area contributed by atoms with Crippen LogP contribution in [-0.2, 0) is 0 Å². The largest absolute Gasteiger partial charge is 0.397 e. The molecule has 0 aliphatic heterocycles. The van der Waals surface area contributed by atoms with Gasteiger partial charge in [-0.05, 0) is 31.4 Å². The molecule has 17 heavy (non-hydrogen) atoms. The Morgan fingerprint density at radius 1 is 1.18 bits per heavy atom. The highest BCUT2D eigenvalue weighted by Crippen LogP contribution is 2.27. The Kier molecular flexibility index (Phi) is 5.33. The first kappa shape index (κ1) is 13.9. The molecular weight excluding hydrogens is 208 g/mol. The first-order chi connectivity index (χ1) is 8.13. The van der Waals surface area contributed by atoms with Crippen molar-refractivity contribution in [3.8, 4) is 0 Å². The molecule has 1 aromatic rings.